The molecule has 0 spiro atoms. The van der Waals surface area contributed by atoms with Gasteiger partial charge in [0.2, 0.25) is 16.6 Å². The molecule has 1 N–H and O–H groups in total. The number of hydrogen-bond donors (Lipinski definition) is 1. The SMILES string of the molecule is Cc1c[nH]c2cc(O[Si](C)(C)C)c(O[Si](C)(C)C)cc12. The van der Waals surface area contributed by atoms with Crippen molar-refractivity contribution in [2.24, 2.45) is 0 Å². The molecule has 5 heteroatoms. The zero-order valence-corrected chi connectivity index (χ0v) is 15.5. The van der Waals surface area contributed by atoms with Crippen LogP contribution in [-0.4, -0.2) is 21.6 Å². The summed E-state index contributed by atoms with van der Waals surface area (Å²) in [6, 6.07) is 4.20. The molecule has 0 radical (unpaired) electrons. The summed E-state index contributed by atoms with van der Waals surface area (Å²) in [5, 5.41) is 1.21. The lowest BCUT2D eigenvalue weighted by Crippen LogP contribution is -2.32. The minimum absolute atomic E-state index is 0.876. The molecule has 0 aliphatic carbocycles. The average molecular weight is 308 g/mol. The summed E-state index contributed by atoms with van der Waals surface area (Å²) in [4.78, 5) is 3.30. The van der Waals surface area contributed by atoms with E-state index in [1.54, 1.807) is 0 Å². The van der Waals surface area contributed by atoms with Gasteiger partial charge in [0.05, 0.1) is 0 Å². The molecule has 0 saturated carbocycles. The van der Waals surface area contributed by atoms with Crippen LogP contribution in [0.4, 0.5) is 0 Å². The highest BCUT2D eigenvalue weighted by Crippen LogP contribution is 2.36. The second-order valence-corrected chi connectivity index (χ2v) is 16.1. The van der Waals surface area contributed by atoms with Gasteiger partial charge < -0.3 is 13.8 Å². The lowest BCUT2D eigenvalue weighted by Gasteiger charge is -2.26. The van der Waals surface area contributed by atoms with Crippen molar-refractivity contribution < 1.29 is 8.85 Å². The Morgan fingerprint density at radius 1 is 0.850 bits per heavy atom. The monoisotopic (exact) mass is 307 g/mol. The summed E-state index contributed by atoms with van der Waals surface area (Å²) in [5.74, 6) is 1.77. The highest BCUT2D eigenvalue weighted by Gasteiger charge is 2.23. The van der Waals surface area contributed by atoms with Crippen molar-refractivity contribution in [3.05, 3.63) is 23.9 Å². The lowest BCUT2D eigenvalue weighted by atomic mass is 10.2. The molecule has 0 bridgehead atoms. The molecule has 0 saturated heterocycles. The fourth-order valence-electron chi connectivity index (χ4n) is 2.09. The summed E-state index contributed by atoms with van der Waals surface area (Å²) in [7, 11) is -3.33. The Bertz CT molecular complexity index is 621. The van der Waals surface area contributed by atoms with Gasteiger partial charge in [-0.1, -0.05) is 0 Å². The third kappa shape index (κ3) is 3.67. The van der Waals surface area contributed by atoms with Crippen LogP contribution < -0.4 is 8.85 Å². The molecule has 1 aromatic carbocycles. The topological polar surface area (TPSA) is 34.2 Å². The van der Waals surface area contributed by atoms with Crippen molar-refractivity contribution in [2.75, 3.05) is 0 Å². The number of aryl methyl sites for hydroxylation is 1. The zero-order valence-electron chi connectivity index (χ0n) is 13.5. The quantitative estimate of drug-likeness (QED) is 0.815. The predicted molar refractivity (Wildman–Crippen MR) is 91.0 cm³/mol. The Morgan fingerprint density at radius 2 is 1.35 bits per heavy atom. The second kappa shape index (κ2) is 4.96. The van der Waals surface area contributed by atoms with Gasteiger partial charge in [-0.2, -0.15) is 0 Å². The first kappa shape index (κ1) is 15.2. The maximum atomic E-state index is 6.23. The number of aromatic nitrogens is 1. The van der Waals surface area contributed by atoms with Crippen LogP contribution in [0.3, 0.4) is 0 Å². The third-order valence-corrected chi connectivity index (χ3v) is 4.45. The molecule has 3 nitrogen and oxygen atoms in total. The molecular formula is C15H25NO2Si2. The normalized spacial score (nSPS) is 12.8. The van der Waals surface area contributed by atoms with Gasteiger partial charge in [-0.15, -0.1) is 0 Å². The molecule has 0 aliphatic rings. The number of benzene rings is 1. The van der Waals surface area contributed by atoms with Crippen LogP contribution in [0.15, 0.2) is 18.3 Å². The molecule has 2 aromatic rings. The highest BCUT2D eigenvalue weighted by atomic mass is 28.4. The summed E-state index contributed by atoms with van der Waals surface area (Å²) in [6.45, 7) is 15.3. The molecule has 0 aliphatic heterocycles. The van der Waals surface area contributed by atoms with E-state index in [0.717, 1.165) is 17.0 Å². The van der Waals surface area contributed by atoms with Crippen molar-refractivity contribution in [1.82, 2.24) is 4.98 Å². The van der Waals surface area contributed by atoms with E-state index in [-0.39, 0.29) is 0 Å². The number of nitrogens with one attached hydrogen (secondary N) is 1. The number of H-pyrrole nitrogens is 1. The molecule has 20 heavy (non-hydrogen) atoms. The van der Waals surface area contributed by atoms with Crippen LogP contribution in [-0.2, 0) is 0 Å². The second-order valence-electron chi connectivity index (χ2n) is 7.25. The van der Waals surface area contributed by atoms with Gasteiger partial charge in [-0.3, -0.25) is 0 Å². The number of hydrogen-bond acceptors (Lipinski definition) is 2. The smallest absolute Gasteiger partial charge is 0.242 e. The molecule has 110 valence electrons. The predicted octanol–water partition coefficient (Wildman–Crippen LogP) is 4.90. The van der Waals surface area contributed by atoms with E-state index in [9.17, 15) is 0 Å². The molecule has 1 aromatic heterocycles. The molecular weight excluding hydrogens is 282 g/mol. The summed E-state index contributed by atoms with van der Waals surface area (Å²) >= 11 is 0. The van der Waals surface area contributed by atoms with Crippen LogP contribution in [0.2, 0.25) is 39.3 Å². The molecule has 0 fully saturated rings. The first-order chi connectivity index (χ1) is 9.05. The molecule has 0 atom stereocenters. The van der Waals surface area contributed by atoms with Crippen LogP contribution in [0.1, 0.15) is 5.56 Å². The minimum atomic E-state index is -1.66. The van der Waals surface area contributed by atoms with E-state index >= 15 is 0 Å². The Hall–Kier alpha value is -1.21. The third-order valence-electron chi connectivity index (χ3n) is 2.79. The fraction of sp³-hybridized carbons (Fsp3) is 0.467. The van der Waals surface area contributed by atoms with E-state index in [1.165, 1.54) is 10.9 Å². The van der Waals surface area contributed by atoms with Crippen molar-refractivity contribution in [3.8, 4) is 11.5 Å². The van der Waals surface area contributed by atoms with Crippen molar-refractivity contribution in [3.63, 3.8) is 0 Å². The number of fused-ring (bicyclic) bond motifs is 1. The Kier molecular flexibility index (Phi) is 3.77. The van der Waals surface area contributed by atoms with Crippen LogP contribution in [0, 0.1) is 6.92 Å². The Balaban J connectivity index is 2.54. The van der Waals surface area contributed by atoms with Gasteiger partial charge in [0.25, 0.3) is 0 Å². The summed E-state index contributed by atoms with van der Waals surface area (Å²) in [5.41, 5.74) is 2.35. The Labute approximate surface area is 123 Å². The van der Waals surface area contributed by atoms with Gasteiger partial charge in [-0.25, -0.2) is 0 Å². The summed E-state index contributed by atoms with van der Waals surface area (Å²) in [6.07, 6.45) is 2.03. The lowest BCUT2D eigenvalue weighted by molar-refractivity contribution is 0.490. The van der Waals surface area contributed by atoms with E-state index in [1.807, 2.05) is 6.20 Å². The van der Waals surface area contributed by atoms with Crippen molar-refractivity contribution in [2.45, 2.75) is 46.2 Å². The summed E-state index contributed by atoms with van der Waals surface area (Å²) < 4.78 is 12.4. The van der Waals surface area contributed by atoms with Gasteiger partial charge >= 0.3 is 0 Å². The van der Waals surface area contributed by atoms with Crippen molar-refractivity contribution >= 4 is 27.5 Å². The first-order valence-electron chi connectivity index (χ1n) is 7.05. The molecule has 0 amide bonds. The largest absolute Gasteiger partial charge is 0.542 e. The average Bonchev–Trinajstić information content (AvgIpc) is 2.56. The van der Waals surface area contributed by atoms with E-state index in [4.69, 9.17) is 8.85 Å². The van der Waals surface area contributed by atoms with Gasteiger partial charge in [-0.05, 0) is 57.8 Å². The van der Waals surface area contributed by atoms with Gasteiger partial charge in [0, 0.05) is 23.2 Å². The highest BCUT2D eigenvalue weighted by molar-refractivity contribution is 6.71. The number of rotatable bonds is 4. The van der Waals surface area contributed by atoms with Crippen molar-refractivity contribution in [1.29, 1.82) is 0 Å². The Morgan fingerprint density at radius 3 is 1.85 bits per heavy atom. The minimum Gasteiger partial charge on any atom is -0.542 e. The fourth-order valence-corrected chi connectivity index (χ4v) is 3.73. The first-order valence-corrected chi connectivity index (χ1v) is 13.9. The number of aromatic amines is 1. The zero-order chi connectivity index (χ0) is 15.1. The van der Waals surface area contributed by atoms with Crippen LogP contribution in [0.25, 0.3) is 10.9 Å². The van der Waals surface area contributed by atoms with Gasteiger partial charge in [0.1, 0.15) is 11.5 Å². The standard InChI is InChI=1S/C15H25NO2Si2/c1-11-10-16-13-9-15(18-20(5,6)7)14(8-12(11)13)17-19(2,3)4/h8-10,16H,1-7H3. The van der Waals surface area contributed by atoms with Crippen LogP contribution in [0.5, 0.6) is 11.5 Å². The maximum absolute atomic E-state index is 6.23. The van der Waals surface area contributed by atoms with E-state index in [0.29, 0.717) is 0 Å². The maximum Gasteiger partial charge on any atom is 0.242 e. The molecule has 0 unspecified atom stereocenters. The van der Waals surface area contributed by atoms with Gasteiger partial charge in [0.15, 0.2) is 0 Å². The van der Waals surface area contributed by atoms with E-state index in [2.05, 4.69) is 63.3 Å². The molecule has 1 heterocycles. The van der Waals surface area contributed by atoms with E-state index < -0.39 is 16.6 Å². The molecule has 2 rings (SSSR count). The van der Waals surface area contributed by atoms with Crippen LogP contribution >= 0.6 is 0 Å².